The maximum Gasteiger partial charge on any atom is 0.417 e. The molecule has 0 aliphatic carbocycles. The minimum Gasteiger partial charge on any atom is -0.361 e. The molecular weight excluding hydrogens is 369 g/mol. The zero-order chi connectivity index (χ0) is 18.7. The third-order valence-corrected chi connectivity index (χ3v) is 4.03. The van der Waals surface area contributed by atoms with E-state index in [0.717, 1.165) is 23.2 Å². The van der Waals surface area contributed by atoms with Crippen LogP contribution in [0.4, 0.5) is 23.7 Å². The summed E-state index contributed by atoms with van der Waals surface area (Å²) in [5.41, 5.74) is 0.963. The summed E-state index contributed by atoms with van der Waals surface area (Å²) in [6, 6.07) is 7.71. The molecular formula is C17H14ClF3N4O. The highest BCUT2D eigenvalue weighted by Crippen LogP contribution is 2.31. The zero-order valence-corrected chi connectivity index (χ0v) is 14.1. The average molecular weight is 383 g/mol. The van der Waals surface area contributed by atoms with Gasteiger partial charge in [0.1, 0.15) is 0 Å². The maximum absolute atomic E-state index is 12.6. The molecule has 0 unspecified atom stereocenters. The fourth-order valence-corrected chi connectivity index (χ4v) is 2.67. The summed E-state index contributed by atoms with van der Waals surface area (Å²) in [6.45, 7) is 0.177. The summed E-state index contributed by atoms with van der Waals surface area (Å²) in [5.74, 6) is 0. The van der Waals surface area contributed by atoms with Crippen LogP contribution in [0.15, 0.2) is 42.7 Å². The lowest BCUT2D eigenvalue weighted by Gasteiger charge is -2.10. The lowest BCUT2D eigenvalue weighted by atomic mass is 10.2. The molecule has 3 rings (SSSR count). The first-order chi connectivity index (χ1) is 12.3. The summed E-state index contributed by atoms with van der Waals surface area (Å²) >= 11 is 5.83. The van der Waals surface area contributed by atoms with Gasteiger partial charge < -0.3 is 15.6 Å². The average Bonchev–Trinajstić information content (AvgIpc) is 3.03. The molecule has 0 atom stereocenters. The monoisotopic (exact) mass is 382 g/mol. The van der Waals surface area contributed by atoms with Gasteiger partial charge in [-0.3, -0.25) is 4.98 Å². The predicted octanol–water partition coefficient (Wildman–Crippen LogP) is 4.60. The predicted molar refractivity (Wildman–Crippen MR) is 93.3 cm³/mol. The van der Waals surface area contributed by atoms with Crippen molar-refractivity contribution < 1.29 is 18.0 Å². The molecule has 3 aromatic rings. The molecule has 26 heavy (non-hydrogen) atoms. The van der Waals surface area contributed by atoms with E-state index in [-0.39, 0.29) is 23.7 Å². The molecule has 0 saturated heterocycles. The molecule has 2 aromatic heterocycles. The number of benzene rings is 1. The highest BCUT2D eigenvalue weighted by Gasteiger charge is 2.31. The van der Waals surface area contributed by atoms with E-state index in [0.29, 0.717) is 5.69 Å². The summed E-state index contributed by atoms with van der Waals surface area (Å²) in [4.78, 5) is 18.7. The molecule has 0 aliphatic heterocycles. The van der Waals surface area contributed by atoms with Crippen molar-refractivity contribution in [2.45, 2.75) is 12.6 Å². The second kappa shape index (κ2) is 7.25. The van der Waals surface area contributed by atoms with E-state index in [9.17, 15) is 18.0 Å². The van der Waals surface area contributed by atoms with Crippen LogP contribution in [0.2, 0.25) is 5.02 Å². The number of carbonyl (C=O) groups excluding carboxylic acids is 1. The van der Waals surface area contributed by atoms with E-state index >= 15 is 0 Å². The van der Waals surface area contributed by atoms with Crippen LogP contribution in [0, 0.1) is 0 Å². The Hall–Kier alpha value is -2.74. The van der Waals surface area contributed by atoms with Crippen molar-refractivity contribution in [1.29, 1.82) is 0 Å². The minimum atomic E-state index is -4.49. The number of nitrogens with zero attached hydrogens (tertiary/aromatic N) is 1. The van der Waals surface area contributed by atoms with Crippen molar-refractivity contribution in [3.63, 3.8) is 0 Å². The Morgan fingerprint density at radius 1 is 1.23 bits per heavy atom. The lowest BCUT2D eigenvalue weighted by Crippen LogP contribution is -2.30. The quantitative estimate of drug-likeness (QED) is 0.617. The number of hydrogen-bond acceptors (Lipinski definition) is 2. The molecule has 5 nitrogen and oxygen atoms in total. The summed E-state index contributed by atoms with van der Waals surface area (Å²) in [5, 5.41) is 6.18. The van der Waals surface area contributed by atoms with Crippen LogP contribution in [0.3, 0.4) is 0 Å². The van der Waals surface area contributed by atoms with E-state index in [2.05, 4.69) is 20.6 Å². The third-order valence-electron chi connectivity index (χ3n) is 3.70. The van der Waals surface area contributed by atoms with Crippen LogP contribution in [0.5, 0.6) is 0 Å². The van der Waals surface area contributed by atoms with Gasteiger partial charge in [0.2, 0.25) is 0 Å². The number of amides is 2. The second-order valence-electron chi connectivity index (χ2n) is 5.56. The van der Waals surface area contributed by atoms with Crippen molar-refractivity contribution in [2.24, 2.45) is 0 Å². The number of anilines is 1. The minimum absolute atomic E-state index is 0.0834. The molecule has 0 fully saturated rings. The molecule has 2 amide bonds. The van der Waals surface area contributed by atoms with E-state index in [1.54, 1.807) is 12.3 Å². The molecule has 0 bridgehead atoms. The van der Waals surface area contributed by atoms with Crippen LogP contribution in [-0.2, 0) is 12.6 Å². The fourth-order valence-electron chi connectivity index (χ4n) is 2.41. The van der Waals surface area contributed by atoms with E-state index in [1.165, 1.54) is 0 Å². The largest absolute Gasteiger partial charge is 0.417 e. The SMILES string of the molecule is O=C(NCCc1ncc(C(F)(F)F)cc1Cl)Nc1ccc2[nH]ccc2c1. The van der Waals surface area contributed by atoms with Gasteiger partial charge in [-0.05, 0) is 30.3 Å². The molecule has 2 heterocycles. The van der Waals surface area contributed by atoms with Crippen LogP contribution >= 0.6 is 11.6 Å². The van der Waals surface area contributed by atoms with Crippen LogP contribution < -0.4 is 10.6 Å². The van der Waals surface area contributed by atoms with Gasteiger partial charge in [-0.15, -0.1) is 0 Å². The van der Waals surface area contributed by atoms with Gasteiger partial charge in [0.25, 0.3) is 0 Å². The smallest absolute Gasteiger partial charge is 0.361 e. The Balaban J connectivity index is 1.53. The number of fused-ring (bicyclic) bond motifs is 1. The molecule has 3 N–H and O–H groups in total. The number of H-pyrrole nitrogens is 1. The topological polar surface area (TPSA) is 69.8 Å². The molecule has 0 saturated carbocycles. The number of hydrogen-bond donors (Lipinski definition) is 3. The molecule has 0 spiro atoms. The van der Waals surface area contributed by atoms with Crippen molar-refractivity contribution >= 4 is 34.2 Å². The fraction of sp³-hybridized carbons (Fsp3) is 0.176. The standard InChI is InChI=1S/C17H14ClF3N4O/c18-13-8-11(17(19,20)21)9-24-15(13)4-6-23-16(26)25-12-1-2-14-10(7-12)3-5-22-14/h1-3,5,7-9,22H,4,6H2,(H2,23,25,26). The molecule has 1 aromatic carbocycles. The van der Waals surface area contributed by atoms with Gasteiger partial charge in [-0.2, -0.15) is 13.2 Å². The highest BCUT2D eigenvalue weighted by atomic mass is 35.5. The molecule has 136 valence electrons. The number of carbonyl (C=O) groups is 1. The Bertz CT molecular complexity index is 939. The number of pyridine rings is 1. The van der Waals surface area contributed by atoms with Gasteiger partial charge in [0.15, 0.2) is 0 Å². The first-order valence-electron chi connectivity index (χ1n) is 7.66. The first kappa shape index (κ1) is 18.1. The Morgan fingerprint density at radius 2 is 2.04 bits per heavy atom. The van der Waals surface area contributed by atoms with Crippen LogP contribution in [0.25, 0.3) is 10.9 Å². The van der Waals surface area contributed by atoms with Gasteiger partial charge in [0, 0.05) is 41.9 Å². The highest BCUT2D eigenvalue weighted by molar-refractivity contribution is 6.31. The van der Waals surface area contributed by atoms with Crippen molar-refractivity contribution in [2.75, 3.05) is 11.9 Å². The van der Waals surface area contributed by atoms with Gasteiger partial charge in [-0.25, -0.2) is 4.79 Å². The number of urea groups is 1. The Kier molecular flexibility index (Phi) is 5.03. The lowest BCUT2D eigenvalue weighted by molar-refractivity contribution is -0.137. The number of aromatic amines is 1. The van der Waals surface area contributed by atoms with Gasteiger partial charge >= 0.3 is 12.2 Å². The van der Waals surface area contributed by atoms with Crippen LogP contribution in [-0.4, -0.2) is 22.5 Å². The number of alkyl halides is 3. The Morgan fingerprint density at radius 3 is 2.77 bits per heavy atom. The maximum atomic E-state index is 12.6. The third kappa shape index (κ3) is 4.26. The number of nitrogens with one attached hydrogen (secondary N) is 3. The van der Waals surface area contributed by atoms with Gasteiger partial charge in [0.05, 0.1) is 16.3 Å². The zero-order valence-electron chi connectivity index (χ0n) is 13.3. The summed E-state index contributed by atoms with van der Waals surface area (Å²) in [7, 11) is 0. The van der Waals surface area contributed by atoms with E-state index in [4.69, 9.17) is 11.6 Å². The summed E-state index contributed by atoms with van der Waals surface area (Å²) in [6.07, 6.45) is -1.75. The summed E-state index contributed by atoms with van der Waals surface area (Å²) < 4.78 is 37.7. The van der Waals surface area contributed by atoms with Crippen LogP contribution in [0.1, 0.15) is 11.3 Å². The van der Waals surface area contributed by atoms with Crippen molar-refractivity contribution in [1.82, 2.24) is 15.3 Å². The molecule has 0 aliphatic rings. The first-order valence-corrected chi connectivity index (χ1v) is 8.04. The second-order valence-corrected chi connectivity index (χ2v) is 5.97. The molecule has 0 radical (unpaired) electrons. The van der Waals surface area contributed by atoms with Crippen molar-refractivity contribution in [3.05, 3.63) is 59.0 Å². The van der Waals surface area contributed by atoms with E-state index < -0.39 is 17.8 Å². The van der Waals surface area contributed by atoms with Crippen molar-refractivity contribution in [3.8, 4) is 0 Å². The normalized spacial score (nSPS) is 11.5. The van der Waals surface area contributed by atoms with Gasteiger partial charge in [-0.1, -0.05) is 11.6 Å². The number of aromatic nitrogens is 2. The van der Waals surface area contributed by atoms with E-state index in [1.807, 2.05) is 18.2 Å². The number of rotatable bonds is 4. The number of halogens is 4. The molecule has 9 heteroatoms. The Labute approximate surface area is 151 Å².